The van der Waals surface area contributed by atoms with Crippen LogP contribution < -0.4 is 9.64 Å². The van der Waals surface area contributed by atoms with Gasteiger partial charge in [-0.2, -0.15) is 0 Å². The number of ether oxygens (including phenoxy) is 1. The molecule has 0 bridgehead atoms. The van der Waals surface area contributed by atoms with Crippen molar-refractivity contribution in [3.8, 4) is 5.75 Å². The van der Waals surface area contributed by atoms with Crippen molar-refractivity contribution in [1.29, 1.82) is 0 Å². The number of rotatable bonds is 2. The number of hydrogen-bond donors (Lipinski definition) is 0. The number of carbonyl (C=O) groups is 1. The number of amides is 1. The fourth-order valence-electron chi connectivity index (χ4n) is 2.36. The first-order chi connectivity index (χ1) is 10.5. The molecule has 1 unspecified atom stereocenters. The molecular formula is C16H12ClF2NO2. The minimum absolute atomic E-state index is 0.0225. The van der Waals surface area contributed by atoms with E-state index in [4.69, 9.17) is 16.3 Å². The molecule has 0 radical (unpaired) electrons. The lowest BCUT2D eigenvalue weighted by Gasteiger charge is -2.33. The summed E-state index contributed by atoms with van der Waals surface area (Å²) in [6.45, 7) is 1.78. The Kier molecular flexibility index (Phi) is 3.74. The third-order valence-electron chi connectivity index (χ3n) is 3.45. The molecule has 0 aliphatic carbocycles. The summed E-state index contributed by atoms with van der Waals surface area (Å²) in [4.78, 5) is 13.7. The molecule has 22 heavy (non-hydrogen) atoms. The molecule has 1 atom stereocenters. The molecule has 1 aliphatic heterocycles. The highest BCUT2D eigenvalue weighted by molar-refractivity contribution is 6.30. The van der Waals surface area contributed by atoms with Crippen LogP contribution in [-0.2, 0) is 11.3 Å². The van der Waals surface area contributed by atoms with E-state index in [1.54, 1.807) is 6.92 Å². The molecule has 114 valence electrons. The number of nitrogens with zero attached hydrogens (tertiary/aromatic N) is 1. The van der Waals surface area contributed by atoms with Crippen molar-refractivity contribution in [2.24, 2.45) is 0 Å². The largest absolute Gasteiger partial charge is 0.479 e. The lowest BCUT2D eigenvalue weighted by atomic mass is 10.1. The second kappa shape index (κ2) is 5.57. The van der Waals surface area contributed by atoms with E-state index in [2.05, 4.69) is 0 Å². The topological polar surface area (TPSA) is 29.5 Å². The van der Waals surface area contributed by atoms with Crippen molar-refractivity contribution in [3.63, 3.8) is 0 Å². The highest BCUT2D eigenvalue weighted by atomic mass is 35.5. The highest BCUT2D eigenvalue weighted by Gasteiger charge is 2.31. The summed E-state index contributed by atoms with van der Waals surface area (Å²) in [5, 5.41) is -0.0225. The van der Waals surface area contributed by atoms with Crippen molar-refractivity contribution >= 4 is 23.2 Å². The fourth-order valence-corrected chi connectivity index (χ4v) is 2.57. The summed E-state index contributed by atoms with van der Waals surface area (Å²) in [5.74, 6) is -0.856. The van der Waals surface area contributed by atoms with Crippen LogP contribution in [0.3, 0.4) is 0 Å². The average Bonchev–Trinajstić information content (AvgIpc) is 2.48. The number of hydrogen-bond acceptors (Lipinski definition) is 2. The quantitative estimate of drug-likeness (QED) is 0.838. The van der Waals surface area contributed by atoms with E-state index in [9.17, 15) is 13.6 Å². The normalized spacial score (nSPS) is 17.2. The Labute approximate surface area is 131 Å². The van der Waals surface area contributed by atoms with Crippen LogP contribution in [0.2, 0.25) is 5.02 Å². The minimum Gasteiger partial charge on any atom is -0.479 e. The van der Waals surface area contributed by atoms with Gasteiger partial charge in [0.2, 0.25) is 0 Å². The van der Waals surface area contributed by atoms with Gasteiger partial charge in [-0.05, 0) is 36.8 Å². The molecule has 0 aromatic heterocycles. The molecule has 0 saturated heterocycles. The molecule has 0 fully saturated rings. The lowest BCUT2D eigenvalue weighted by molar-refractivity contribution is -0.125. The van der Waals surface area contributed by atoms with Crippen LogP contribution in [0, 0.1) is 11.6 Å². The Hall–Kier alpha value is -2.14. The van der Waals surface area contributed by atoms with Crippen molar-refractivity contribution in [1.82, 2.24) is 0 Å². The van der Waals surface area contributed by atoms with Gasteiger partial charge in [0, 0.05) is 6.07 Å². The molecule has 3 rings (SSSR count). The van der Waals surface area contributed by atoms with Crippen molar-refractivity contribution in [2.45, 2.75) is 19.6 Å². The molecule has 3 nitrogen and oxygen atoms in total. The number of halogens is 3. The molecule has 2 aromatic carbocycles. The smallest absolute Gasteiger partial charge is 0.268 e. The molecule has 1 amide bonds. The molecule has 0 saturated carbocycles. The third kappa shape index (κ3) is 2.64. The van der Waals surface area contributed by atoms with Crippen LogP contribution in [0.15, 0.2) is 36.4 Å². The number of carbonyl (C=O) groups excluding carboxylic acids is 1. The van der Waals surface area contributed by atoms with Gasteiger partial charge >= 0.3 is 0 Å². The summed E-state index contributed by atoms with van der Waals surface area (Å²) in [6.07, 6.45) is -0.672. The van der Waals surface area contributed by atoms with Crippen LogP contribution in [0.1, 0.15) is 12.5 Å². The van der Waals surface area contributed by atoms with E-state index in [1.165, 1.54) is 41.3 Å². The SMILES string of the molecule is CC1Oc2ccc(F)cc2N(Cc2ccc(F)c(Cl)c2)C1=O. The van der Waals surface area contributed by atoms with Crippen LogP contribution in [0.25, 0.3) is 0 Å². The standard InChI is InChI=1S/C16H12ClF2NO2/c1-9-16(21)20(8-10-2-4-13(19)12(17)6-10)14-7-11(18)3-5-15(14)22-9/h2-7,9H,8H2,1H3. The van der Waals surface area contributed by atoms with Crippen LogP contribution in [0.5, 0.6) is 5.75 Å². The van der Waals surface area contributed by atoms with Gasteiger partial charge in [-0.25, -0.2) is 8.78 Å². The zero-order chi connectivity index (χ0) is 15.9. The Morgan fingerprint density at radius 2 is 2.00 bits per heavy atom. The van der Waals surface area contributed by atoms with Gasteiger partial charge in [0.05, 0.1) is 17.3 Å². The maximum atomic E-state index is 13.5. The molecule has 0 spiro atoms. The van der Waals surface area contributed by atoms with E-state index in [-0.39, 0.29) is 17.5 Å². The molecule has 0 N–H and O–H groups in total. The second-order valence-electron chi connectivity index (χ2n) is 5.04. The van der Waals surface area contributed by atoms with Gasteiger partial charge in [-0.1, -0.05) is 17.7 Å². The Bertz CT molecular complexity index is 751. The zero-order valence-electron chi connectivity index (χ0n) is 11.6. The number of anilines is 1. The lowest BCUT2D eigenvalue weighted by Crippen LogP contribution is -2.44. The number of benzene rings is 2. The van der Waals surface area contributed by atoms with E-state index in [0.29, 0.717) is 17.0 Å². The van der Waals surface area contributed by atoms with Crippen LogP contribution in [0.4, 0.5) is 14.5 Å². The van der Waals surface area contributed by atoms with Crippen molar-refractivity contribution in [3.05, 3.63) is 58.6 Å². The summed E-state index contributed by atoms with van der Waals surface area (Å²) in [6, 6.07) is 8.21. The molecule has 1 heterocycles. The maximum Gasteiger partial charge on any atom is 0.268 e. The van der Waals surface area contributed by atoms with Crippen LogP contribution in [-0.4, -0.2) is 12.0 Å². The monoisotopic (exact) mass is 323 g/mol. The Balaban J connectivity index is 1.99. The van der Waals surface area contributed by atoms with Gasteiger partial charge in [0.1, 0.15) is 17.4 Å². The molecule has 1 aliphatic rings. The number of fused-ring (bicyclic) bond motifs is 1. The van der Waals surface area contributed by atoms with E-state index >= 15 is 0 Å². The van der Waals surface area contributed by atoms with E-state index in [0.717, 1.165) is 0 Å². The first-order valence-corrected chi connectivity index (χ1v) is 7.05. The zero-order valence-corrected chi connectivity index (χ0v) is 12.4. The van der Waals surface area contributed by atoms with Crippen molar-refractivity contribution < 1.29 is 18.3 Å². The molecular weight excluding hydrogens is 312 g/mol. The first kappa shape index (κ1) is 14.8. The average molecular weight is 324 g/mol. The predicted molar refractivity (Wildman–Crippen MR) is 79.1 cm³/mol. The Morgan fingerprint density at radius 3 is 2.73 bits per heavy atom. The van der Waals surface area contributed by atoms with Gasteiger partial charge < -0.3 is 9.64 Å². The highest BCUT2D eigenvalue weighted by Crippen LogP contribution is 2.35. The second-order valence-corrected chi connectivity index (χ2v) is 5.45. The fraction of sp³-hybridized carbons (Fsp3) is 0.188. The maximum absolute atomic E-state index is 13.5. The molecule has 6 heteroatoms. The predicted octanol–water partition coefficient (Wildman–Crippen LogP) is 3.93. The minimum atomic E-state index is -0.672. The van der Waals surface area contributed by atoms with Gasteiger partial charge in [-0.3, -0.25) is 4.79 Å². The van der Waals surface area contributed by atoms with Gasteiger partial charge in [-0.15, -0.1) is 0 Å². The van der Waals surface area contributed by atoms with Crippen molar-refractivity contribution in [2.75, 3.05) is 4.90 Å². The molecule has 2 aromatic rings. The van der Waals surface area contributed by atoms with E-state index < -0.39 is 17.7 Å². The van der Waals surface area contributed by atoms with Gasteiger partial charge in [0.15, 0.2) is 6.10 Å². The van der Waals surface area contributed by atoms with Crippen LogP contribution >= 0.6 is 11.6 Å². The Morgan fingerprint density at radius 1 is 1.23 bits per heavy atom. The summed E-state index contributed by atoms with van der Waals surface area (Å²) in [7, 11) is 0. The summed E-state index contributed by atoms with van der Waals surface area (Å²) >= 11 is 5.76. The van der Waals surface area contributed by atoms with Gasteiger partial charge in [0.25, 0.3) is 5.91 Å². The van der Waals surface area contributed by atoms with E-state index in [1.807, 2.05) is 0 Å². The summed E-state index contributed by atoms with van der Waals surface area (Å²) < 4.78 is 32.2. The third-order valence-corrected chi connectivity index (χ3v) is 3.74. The summed E-state index contributed by atoms with van der Waals surface area (Å²) in [5.41, 5.74) is 0.993. The first-order valence-electron chi connectivity index (χ1n) is 6.67.